The number of halogens is 1. The third kappa shape index (κ3) is 5.45. The Labute approximate surface area is 225 Å². The quantitative estimate of drug-likeness (QED) is 0.308. The summed E-state index contributed by atoms with van der Waals surface area (Å²) in [7, 11) is 0. The van der Waals surface area contributed by atoms with Crippen molar-refractivity contribution in [2.45, 2.75) is 19.3 Å². The number of nitrogens with one attached hydrogen (secondary N) is 2. The number of hydrogen-bond donors (Lipinski definition) is 3. The highest BCUT2D eigenvalue weighted by atomic mass is 35.5. The number of hydrogen-bond acceptors (Lipinski definition) is 7. The van der Waals surface area contributed by atoms with E-state index in [1.54, 1.807) is 18.2 Å². The van der Waals surface area contributed by atoms with Crippen LogP contribution in [0.3, 0.4) is 0 Å². The van der Waals surface area contributed by atoms with Gasteiger partial charge in [0.05, 0.1) is 41.5 Å². The second kappa shape index (κ2) is 11.0. The number of fused-ring (bicyclic) bond motifs is 1. The van der Waals surface area contributed by atoms with Crippen LogP contribution in [0.25, 0.3) is 22.4 Å². The number of amides is 1. The molecule has 1 amide bonds. The Morgan fingerprint density at radius 3 is 2.53 bits per heavy atom. The van der Waals surface area contributed by atoms with E-state index >= 15 is 0 Å². The standard InChI is InChI=1S/C28H30ClN5O4/c1-28(2,26(36)30-11-14-35)19-5-9-21(10-6-19)38-27-31-23-17-22(29)24(32-25(23)33-27)18-3-7-20(8-4-18)34-12-15-37-16-13-34/h3-10,17,35H,11-16H2,1-2H3,(H,30,36)(H,31,32,33). The topological polar surface area (TPSA) is 113 Å². The van der Waals surface area contributed by atoms with Crippen LogP contribution in [0.15, 0.2) is 54.6 Å². The monoisotopic (exact) mass is 535 g/mol. The van der Waals surface area contributed by atoms with Gasteiger partial charge >= 0.3 is 6.01 Å². The van der Waals surface area contributed by atoms with Crippen molar-refractivity contribution in [3.63, 3.8) is 0 Å². The molecule has 0 atom stereocenters. The average molecular weight is 536 g/mol. The van der Waals surface area contributed by atoms with E-state index < -0.39 is 5.41 Å². The normalized spacial score (nSPS) is 14.1. The van der Waals surface area contributed by atoms with E-state index in [0.717, 1.165) is 43.1 Å². The fourth-order valence-corrected chi connectivity index (χ4v) is 4.63. The van der Waals surface area contributed by atoms with Crippen molar-refractivity contribution in [2.24, 2.45) is 0 Å². The van der Waals surface area contributed by atoms with E-state index in [-0.39, 0.29) is 25.1 Å². The van der Waals surface area contributed by atoms with Crippen LogP contribution in [0.1, 0.15) is 19.4 Å². The van der Waals surface area contributed by atoms with Gasteiger partial charge in [0.25, 0.3) is 0 Å². The second-order valence-electron chi connectivity index (χ2n) is 9.61. The van der Waals surface area contributed by atoms with E-state index in [0.29, 0.717) is 27.6 Å². The lowest BCUT2D eigenvalue weighted by atomic mass is 9.83. The summed E-state index contributed by atoms with van der Waals surface area (Å²) in [5.74, 6) is 0.399. The van der Waals surface area contributed by atoms with Crippen LogP contribution in [0.5, 0.6) is 11.8 Å². The highest BCUT2D eigenvalue weighted by Crippen LogP contribution is 2.32. The van der Waals surface area contributed by atoms with Crippen LogP contribution in [-0.4, -0.2) is 65.4 Å². The van der Waals surface area contributed by atoms with Gasteiger partial charge in [-0.3, -0.25) is 4.79 Å². The van der Waals surface area contributed by atoms with Crippen LogP contribution in [0, 0.1) is 0 Å². The maximum Gasteiger partial charge on any atom is 0.301 e. The number of H-pyrrole nitrogens is 1. The van der Waals surface area contributed by atoms with Gasteiger partial charge in [-0.1, -0.05) is 35.9 Å². The number of nitrogens with zero attached hydrogens (tertiary/aromatic N) is 3. The number of aliphatic hydroxyl groups is 1. The molecule has 0 bridgehead atoms. The summed E-state index contributed by atoms with van der Waals surface area (Å²) in [6.45, 7) is 7.00. The number of carbonyl (C=O) groups excluding carboxylic acids is 1. The Morgan fingerprint density at radius 1 is 1.13 bits per heavy atom. The SMILES string of the molecule is CC(C)(C(=O)NCCO)c1ccc(Oc2nc3nc(-c4ccc(N5CCOCC5)cc4)c(Cl)cc3[nH]2)cc1. The van der Waals surface area contributed by atoms with Crippen LogP contribution in [0.2, 0.25) is 5.02 Å². The zero-order chi connectivity index (χ0) is 26.7. The van der Waals surface area contributed by atoms with Crippen molar-refractivity contribution in [3.05, 3.63) is 65.2 Å². The summed E-state index contributed by atoms with van der Waals surface area (Å²) in [6.07, 6.45) is 0. The van der Waals surface area contributed by atoms with Crippen molar-refractivity contribution < 1.29 is 19.4 Å². The molecule has 1 aliphatic heterocycles. The molecule has 3 N–H and O–H groups in total. The predicted molar refractivity (Wildman–Crippen MR) is 147 cm³/mol. The Kier molecular flexibility index (Phi) is 7.51. The smallest absolute Gasteiger partial charge is 0.301 e. The van der Waals surface area contributed by atoms with Gasteiger partial charge in [0, 0.05) is 30.9 Å². The molecule has 1 saturated heterocycles. The van der Waals surface area contributed by atoms with Gasteiger partial charge in [-0.15, -0.1) is 0 Å². The summed E-state index contributed by atoms with van der Waals surface area (Å²) in [5, 5.41) is 12.2. The molecule has 3 heterocycles. The molecular weight excluding hydrogens is 506 g/mol. The third-order valence-electron chi connectivity index (χ3n) is 6.68. The van der Waals surface area contributed by atoms with Crippen LogP contribution in [0.4, 0.5) is 5.69 Å². The van der Waals surface area contributed by atoms with Crippen LogP contribution < -0.4 is 15.0 Å². The Balaban J connectivity index is 1.32. The van der Waals surface area contributed by atoms with Gasteiger partial charge in [0.1, 0.15) is 5.75 Å². The molecule has 0 saturated carbocycles. The molecule has 2 aromatic heterocycles. The molecule has 198 valence electrons. The lowest BCUT2D eigenvalue weighted by Crippen LogP contribution is -2.41. The number of pyridine rings is 1. The number of aliphatic hydroxyl groups excluding tert-OH is 1. The number of rotatable bonds is 8. The van der Waals surface area contributed by atoms with E-state index in [9.17, 15) is 4.79 Å². The number of carbonyl (C=O) groups is 1. The maximum absolute atomic E-state index is 12.5. The van der Waals surface area contributed by atoms with Crippen molar-refractivity contribution in [1.82, 2.24) is 20.3 Å². The zero-order valence-corrected chi connectivity index (χ0v) is 22.1. The van der Waals surface area contributed by atoms with Crippen molar-refractivity contribution in [2.75, 3.05) is 44.4 Å². The predicted octanol–water partition coefficient (Wildman–Crippen LogP) is 4.29. The fourth-order valence-electron chi connectivity index (χ4n) is 4.37. The molecule has 9 nitrogen and oxygen atoms in total. The molecular formula is C28H30ClN5O4. The highest BCUT2D eigenvalue weighted by molar-refractivity contribution is 6.33. The van der Waals surface area contributed by atoms with E-state index in [1.807, 2.05) is 38.1 Å². The first kappa shape index (κ1) is 26.0. The first-order valence-electron chi connectivity index (χ1n) is 12.5. The lowest BCUT2D eigenvalue weighted by molar-refractivity contribution is -0.125. The van der Waals surface area contributed by atoms with Crippen molar-refractivity contribution in [3.8, 4) is 23.0 Å². The molecule has 0 radical (unpaired) electrons. The Bertz CT molecular complexity index is 1410. The molecule has 0 aliphatic carbocycles. The first-order valence-corrected chi connectivity index (χ1v) is 12.9. The minimum absolute atomic E-state index is 0.102. The summed E-state index contributed by atoms with van der Waals surface area (Å²) in [4.78, 5) is 27.1. The van der Waals surface area contributed by atoms with Gasteiger partial charge in [0.2, 0.25) is 5.91 Å². The van der Waals surface area contributed by atoms with Crippen LogP contribution in [-0.2, 0) is 14.9 Å². The minimum atomic E-state index is -0.759. The molecule has 5 rings (SSSR count). The largest absolute Gasteiger partial charge is 0.426 e. The molecule has 10 heteroatoms. The van der Waals surface area contributed by atoms with Gasteiger partial charge in [0.15, 0.2) is 5.65 Å². The van der Waals surface area contributed by atoms with E-state index in [4.69, 9.17) is 26.2 Å². The van der Waals surface area contributed by atoms with Gasteiger partial charge < -0.3 is 29.8 Å². The number of aromatic amines is 1. The lowest BCUT2D eigenvalue weighted by Gasteiger charge is -2.28. The number of anilines is 1. The molecule has 0 unspecified atom stereocenters. The molecule has 4 aromatic rings. The van der Waals surface area contributed by atoms with Crippen molar-refractivity contribution >= 4 is 34.4 Å². The number of morpholine rings is 1. The minimum Gasteiger partial charge on any atom is -0.426 e. The highest BCUT2D eigenvalue weighted by Gasteiger charge is 2.29. The molecule has 0 spiro atoms. The number of benzene rings is 2. The van der Waals surface area contributed by atoms with Gasteiger partial charge in [-0.2, -0.15) is 4.98 Å². The molecule has 38 heavy (non-hydrogen) atoms. The van der Waals surface area contributed by atoms with Crippen LogP contribution >= 0.6 is 11.6 Å². The van der Waals surface area contributed by atoms with Crippen molar-refractivity contribution in [1.29, 1.82) is 0 Å². The van der Waals surface area contributed by atoms with Gasteiger partial charge in [-0.05, 0) is 49.7 Å². The second-order valence-corrected chi connectivity index (χ2v) is 10.0. The molecule has 1 aliphatic rings. The summed E-state index contributed by atoms with van der Waals surface area (Å²) in [5.41, 5.74) is 3.92. The number of aromatic nitrogens is 3. The summed E-state index contributed by atoms with van der Waals surface area (Å²) in [6, 6.07) is 17.5. The molecule has 1 fully saturated rings. The first-order chi connectivity index (χ1) is 18.3. The number of imidazole rings is 1. The van der Waals surface area contributed by atoms with Gasteiger partial charge in [-0.25, -0.2) is 4.98 Å². The summed E-state index contributed by atoms with van der Waals surface area (Å²) >= 11 is 6.59. The van der Waals surface area contributed by atoms with E-state index in [2.05, 4.69) is 37.3 Å². The average Bonchev–Trinajstić information content (AvgIpc) is 3.33. The zero-order valence-electron chi connectivity index (χ0n) is 21.3. The number of ether oxygens (including phenoxy) is 2. The van der Waals surface area contributed by atoms with E-state index in [1.165, 1.54) is 0 Å². The Morgan fingerprint density at radius 2 is 1.84 bits per heavy atom. The third-order valence-corrected chi connectivity index (χ3v) is 6.97. The Hall–Kier alpha value is -3.66. The maximum atomic E-state index is 12.5. The molecule has 2 aromatic carbocycles. The fraction of sp³-hybridized carbons (Fsp3) is 0.321. The summed E-state index contributed by atoms with van der Waals surface area (Å²) < 4.78 is 11.4.